The van der Waals surface area contributed by atoms with Gasteiger partial charge in [0, 0.05) is 18.7 Å². The first-order valence-electron chi connectivity index (χ1n) is 8.65. The summed E-state index contributed by atoms with van der Waals surface area (Å²) in [4.78, 5) is 19.1. The molecular weight excluding hydrogens is 328 g/mol. The van der Waals surface area contributed by atoms with Crippen LogP contribution in [0.4, 0.5) is 6.01 Å². The van der Waals surface area contributed by atoms with Gasteiger partial charge in [-0.05, 0) is 43.2 Å². The number of carbonyl (C=O) groups is 1. The van der Waals surface area contributed by atoms with E-state index in [1.807, 2.05) is 24.3 Å². The number of para-hydroxylation sites is 2. The molecule has 1 aliphatic rings. The second kappa shape index (κ2) is 6.89. The number of fused-ring (bicyclic) bond motifs is 1. The first kappa shape index (κ1) is 16.2. The van der Waals surface area contributed by atoms with Gasteiger partial charge < -0.3 is 14.6 Å². The van der Waals surface area contributed by atoms with Crippen LogP contribution in [-0.2, 0) is 0 Å². The van der Waals surface area contributed by atoms with Gasteiger partial charge in [0.05, 0.1) is 17.7 Å². The van der Waals surface area contributed by atoms with Crippen molar-refractivity contribution in [2.75, 3.05) is 18.0 Å². The highest BCUT2D eigenvalue weighted by Crippen LogP contribution is 2.28. The number of nitrogens with one attached hydrogen (secondary N) is 1. The number of benzene rings is 2. The topological polar surface area (TPSA) is 82.2 Å². The molecule has 1 amide bonds. The summed E-state index contributed by atoms with van der Waals surface area (Å²) in [5, 5.41) is 11.9. The number of hydrogen-bond donors (Lipinski definition) is 1. The van der Waals surface area contributed by atoms with Crippen LogP contribution in [0.15, 0.2) is 52.9 Å². The number of carbonyl (C=O) groups excluding carboxylic acids is 1. The third kappa shape index (κ3) is 3.11. The van der Waals surface area contributed by atoms with Gasteiger partial charge in [-0.1, -0.05) is 18.2 Å². The summed E-state index contributed by atoms with van der Waals surface area (Å²) in [7, 11) is 0. The minimum absolute atomic E-state index is 0.145. The molecule has 3 aromatic rings. The lowest BCUT2D eigenvalue weighted by Crippen LogP contribution is -2.40. The Morgan fingerprint density at radius 2 is 2.19 bits per heavy atom. The van der Waals surface area contributed by atoms with Crippen molar-refractivity contribution < 1.29 is 9.21 Å². The lowest BCUT2D eigenvalue weighted by molar-refractivity contribution is 0.0951. The van der Waals surface area contributed by atoms with Gasteiger partial charge in [-0.15, -0.1) is 0 Å². The molecule has 130 valence electrons. The molecule has 0 radical (unpaired) electrons. The van der Waals surface area contributed by atoms with E-state index in [0.29, 0.717) is 23.7 Å². The number of hydrogen-bond acceptors (Lipinski definition) is 5. The highest BCUT2D eigenvalue weighted by Gasteiger charge is 2.28. The first-order chi connectivity index (χ1) is 12.7. The third-order valence-electron chi connectivity index (χ3n) is 4.66. The Labute approximate surface area is 151 Å². The van der Waals surface area contributed by atoms with E-state index in [1.54, 1.807) is 24.3 Å². The number of nitrogens with zero attached hydrogens (tertiary/aromatic N) is 3. The minimum atomic E-state index is -0.175. The first-order valence-corrected chi connectivity index (χ1v) is 8.65. The zero-order valence-corrected chi connectivity index (χ0v) is 14.2. The zero-order chi connectivity index (χ0) is 17.9. The van der Waals surface area contributed by atoms with E-state index in [-0.39, 0.29) is 11.9 Å². The molecule has 0 unspecified atom stereocenters. The van der Waals surface area contributed by atoms with Gasteiger partial charge in [-0.25, -0.2) is 0 Å². The van der Waals surface area contributed by atoms with E-state index in [4.69, 9.17) is 9.68 Å². The predicted molar refractivity (Wildman–Crippen MR) is 97.9 cm³/mol. The maximum absolute atomic E-state index is 12.4. The average Bonchev–Trinajstić information content (AvgIpc) is 3.32. The molecule has 0 spiro atoms. The number of aromatic nitrogens is 1. The maximum Gasteiger partial charge on any atom is 0.298 e. The van der Waals surface area contributed by atoms with Crippen molar-refractivity contribution in [3.63, 3.8) is 0 Å². The molecule has 0 aliphatic carbocycles. The third-order valence-corrected chi connectivity index (χ3v) is 4.66. The molecule has 1 saturated heterocycles. The van der Waals surface area contributed by atoms with Crippen molar-refractivity contribution in [1.29, 1.82) is 5.26 Å². The van der Waals surface area contributed by atoms with E-state index >= 15 is 0 Å². The fourth-order valence-electron chi connectivity index (χ4n) is 3.33. The largest absolute Gasteiger partial charge is 0.423 e. The van der Waals surface area contributed by atoms with Crippen molar-refractivity contribution in [3.05, 3.63) is 59.7 Å². The van der Waals surface area contributed by atoms with E-state index in [1.165, 1.54) is 0 Å². The monoisotopic (exact) mass is 346 g/mol. The van der Waals surface area contributed by atoms with Crippen molar-refractivity contribution in [2.24, 2.45) is 0 Å². The molecular formula is C20H18N4O2. The molecule has 6 heteroatoms. The Balaban J connectivity index is 1.45. The van der Waals surface area contributed by atoms with Crippen LogP contribution in [0.2, 0.25) is 0 Å². The van der Waals surface area contributed by atoms with Crippen LogP contribution >= 0.6 is 0 Å². The lowest BCUT2D eigenvalue weighted by atomic mass is 10.1. The van der Waals surface area contributed by atoms with E-state index in [9.17, 15) is 4.79 Å². The molecule has 4 rings (SSSR count). The molecule has 0 bridgehead atoms. The normalized spacial score (nSPS) is 16.6. The van der Waals surface area contributed by atoms with Crippen LogP contribution in [0.25, 0.3) is 11.1 Å². The standard InChI is InChI=1S/C20H18N4O2/c21-12-14-5-3-6-15(11-14)19(25)22-13-16-7-4-10-24(16)20-23-17-8-1-2-9-18(17)26-20/h1-3,5-6,8-9,11,16H,4,7,10,13H2,(H,22,25)/t16-/m1/s1. The molecule has 6 nitrogen and oxygen atoms in total. The van der Waals surface area contributed by atoms with Crippen molar-refractivity contribution in [2.45, 2.75) is 18.9 Å². The fourth-order valence-corrected chi connectivity index (χ4v) is 3.33. The molecule has 1 aliphatic heterocycles. The molecule has 26 heavy (non-hydrogen) atoms. The SMILES string of the molecule is N#Cc1cccc(C(=O)NC[C@H]2CCCN2c2nc3ccccc3o2)c1. The smallest absolute Gasteiger partial charge is 0.298 e. The maximum atomic E-state index is 12.4. The summed E-state index contributed by atoms with van der Waals surface area (Å²) >= 11 is 0. The van der Waals surface area contributed by atoms with Crippen LogP contribution in [-0.4, -0.2) is 30.0 Å². The molecule has 2 aromatic carbocycles. The van der Waals surface area contributed by atoms with Gasteiger partial charge in [0.15, 0.2) is 5.58 Å². The summed E-state index contributed by atoms with van der Waals surface area (Å²) in [6.07, 6.45) is 2.00. The van der Waals surface area contributed by atoms with Crippen LogP contribution < -0.4 is 10.2 Å². The Kier molecular flexibility index (Phi) is 4.28. The van der Waals surface area contributed by atoms with Crippen LogP contribution in [0.1, 0.15) is 28.8 Å². The van der Waals surface area contributed by atoms with Crippen LogP contribution in [0, 0.1) is 11.3 Å². The molecule has 1 fully saturated rings. The Bertz CT molecular complexity index is 956. The number of nitriles is 1. The zero-order valence-electron chi connectivity index (χ0n) is 14.2. The number of anilines is 1. The second-order valence-corrected chi connectivity index (χ2v) is 6.36. The highest BCUT2D eigenvalue weighted by atomic mass is 16.4. The van der Waals surface area contributed by atoms with Gasteiger partial charge in [-0.3, -0.25) is 4.79 Å². The Hall–Kier alpha value is -3.33. The molecule has 1 aromatic heterocycles. The van der Waals surface area contributed by atoms with Crippen molar-refractivity contribution >= 4 is 23.0 Å². The van der Waals surface area contributed by atoms with E-state index in [2.05, 4.69) is 21.3 Å². The summed E-state index contributed by atoms with van der Waals surface area (Å²) in [6, 6.07) is 17.2. The van der Waals surface area contributed by atoms with Gasteiger partial charge >= 0.3 is 0 Å². The van der Waals surface area contributed by atoms with Crippen molar-refractivity contribution in [1.82, 2.24) is 10.3 Å². The summed E-state index contributed by atoms with van der Waals surface area (Å²) in [5.74, 6) is -0.175. The van der Waals surface area contributed by atoms with E-state index < -0.39 is 0 Å². The lowest BCUT2D eigenvalue weighted by Gasteiger charge is -2.23. The fraction of sp³-hybridized carbons (Fsp3) is 0.250. The molecule has 1 atom stereocenters. The summed E-state index contributed by atoms with van der Waals surface area (Å²) < 4.78 is 5.87. The Morgan fingerprint density at radius 1 is 1.31 bits per heavy atom. The number of amides is 1. The summed E-state index contributed by atoms with van der Waals surface area (Å²) in [6.45, 7) is 1.37. The van der Waals surface area contributed by atoms with Crippen molar-refractivity contribution in [3.8, 4) is 6.07 Å². The molecule has 2 heterocycles. The Morgan fingerprint density at radius 3 is 3.04 bits per heavy atom. The van der Waals surface area contributed by atoms with Crippen LogP contribution in [0.3, 0.4) is 0 Å². The predicted octanol–water partition coefficient (Wildman–Crippen LogP) is 3.10. The van der Waals surface area contributed by atoms with Gasteiger partial charge in [0.25, 0.3) is 11.9 Å². The quantitative estimate of drug-likeness (QED) is 0.785. The number of oxazole rings is 1. The van der Waals surface area contributed by atoms with E-state index in [0.717, 1.165) is 30.5 Å². The second-order valence-electron chi connectivity index (χ2n) is 6.36. The summed E-state index contributed by atoms with van der Waals surface area (Å²) in [5.41, 5.74) is 2.58. The number of rotatable bonds is 4. The van der Waals surface area contributed by atoms with Gasteiger partial charge in [-0.2, -0.15) is 10.2 Å². The highest BCUT2D eigenvalue weighted by molar-refractivity contribution is 5.94. The van der Waals surface area contributed by atoms with Gasteiger partial charge in [0.1, 0.15) is 5.52 Å². The molecule has 0 saturated carbocycles. The molecule has 1 N–H and O–H groups in total. The minimum Gasteiger partial charge on any atom is -0.423 e. The average molecular weight is 346 g/mol. The van der Waals surface area contributed by atoms with Crippen LogP contribution in [0.5, 0.6) is 0 Å². The van der Waals surface area contributed by atoms with Gasteiger partial charge in [0.2, 0.25) is 0 Å².